The average molecular weight is 344 g/mol. The molecule has 0 atom stereocenters. The van der Waals surface area contributed by atoms with Gasteiger partial charge in [0.05, 0.1) is 15.0 Å². The van der Waals surface area contributed by atoms with Crippen molar-refractivity contribution in [2.24, 2.45) is 0 Å². The summed E-state index contributed by atoms with van der Waals surface area (Å²) in [5.74, 6) is -0.306. The van der Waals surface area contributed by atoms with Crippen LogP contribution in [0.3, 0.4) is 0 Å². The molecular weight excluding hydrogens is 330 g/mol. The molecule has 0 unspecified atom stereocenters. The highest BCUT2D eigenvalue weighted by atomic mass is 35.5. The molecule has 0 aliphatic heterocycles. The van der Waals surface area contributed by atoms with Crippen LogP contribution in [0.1, 0.15) is 20.8 Å². The predicted molar refractivity (Wildman–Crippen MR) is 87.0 cm³/mol. The number of sulfone groups is 1. The number of thiophene rings is 1. The van der Waals surface area contributed by atoms with Crippen LogP contribution in [-0.2, 0) is 15.6 Å². The van der Waals surface area contributed by atoms with Gasteiger partial charge in [-0.25, -0.2) is 8.42 Å². The smallest absolute Gasteiger partial charge is 0.265 e. The topological polar surface area (TPSA) is 63.2 Å². The van der Waals surface area contributed by atoms with Gasteiger partial charge in [0.15, 0.2) is 9.84 Å². The quantitative estimate of drug-likeness (QED) is 0.924. The summed E-state index contributed by atoms with van der Waals surface area (Å²) in [6, 6.07) is 8.53. The number of halogens is 1. The van der Waals surface area contributed by atoms with E-state index in [1.807, 2.05) is 0 Å². The molecule has 0 saturated heterocycles. The molecule has 1 N–H and O–H groups in total. The molecule has 2 aromatic rings. The first-order valence-electron chi connectivity index (χ1n) is 6.09. The lowest BCUT2D eigenvalue weighted by atomic mass is 10.1. The average Bonchev–Trinajstić information content (AvgIpc) is 2.79. The van der Waals surface area contributed by atoms with Crippen molar-refractivity contribution in [3.8, 4) is 0 Å². The van der Waals surface area contributed by atoms with Gasteiger partial charge in [0.1, 0.15) is 0 Å². The number of carbonyl (C=O) groups excluding carboxylic acids is 1. The molecule has 1 aromatic carbocycles. The zero-order valence-electron chi connectivity index (χ0n) is 11.5. The van der Waals surface area contributed by atoms with Crippen molar-refractivity contribution in [3.05, 3.63) is 50.7 Å². The number of nitrogens with one attached hydrogen (secondary N) is 1. The van der Waals surface area contributed by atoms with Gasteiger partial charge in [-0.15, -0.1) is 11.3 Å². The molecule has 0 bridgehead atoms. The summed E-state index contributed by atoms with van der Waals surface area (Å²) in [6.45, 7) is 1.79. The molecule has 7 heteroatoms. The van der Waals surface area contributed by atoms with E-state index in [1.165, 1.54) is 17.6 Å². The highest BCUT2D eigenvalue weighted by Crippen LogP contribution is 2.25. The predicted octanol–water partition coefficient (Wildman–Crippen LogP) is 3.51. The van der Waals surface area contributed by atoms with Gasteiger partial charge in [0.2, 0.25) is 0 Å². The van der Waals surface area contributed by atoms with Gasteiger partial charge < -0.3 is 5.32 Å². The number of hydrogen-bond acceptors (Lipinski definition) is 4. The third-order valence-electron chi connectivity index (χ3n) is 2.91. The molecule has 0 saturated carbocycles. The largest absolute Gasteiger partial charge is 0.321 e. The van der Waals surface area contributed by atoms with E-state index < -0.39 is 9.84 Å². The van der Waals surface area contributed by atoms with E-state index in [-0.39, 0.29) is 11.7 Å². The van der Waals surface area contributed by atoms with Crippen LogP contribution >= 0.6 is 22.9 Å². The van der Waals surface area contributed by atoms with Crippen molar-refractivity contribution in [3.63, 3.8) is 0 Å². The van der Waals surface area contributed by atoms with Crippen LogP contribution in [0.2, 0.25) is 4.34 Å². The maximum absolute atomic E-state index is 12.1. The van der Waals surface area contributed by atoms with Crippen molar-refractivity contribution in [1.82, 2.24) is 0 Å². The number of carbonyl (C=O) groups is 1. The summed E-state index contributed by atoms with van der Waals surface area (Å²) in [5.41, 5.74) is 2.03. The van der Waals surface area contributed by atoms with Crippen molar-refractivity contribution in [2.45, 2.75) is 12.7 Å². The maximum Gasteiger partial charge on any atom is 0.265 e. The standard InChI is InChI=1S/C14H14ClNO3S2/c1-9-10(8-21(2,18)19)4-3-5-11(9)16-14(17)12-6-7-13(15)20-12/h3-7H,8H2,1-2H3,(H,16,17). The molecule has 0 spiro atoms. The number of rotatable bonds is 4. The summed E-state index contributed by atoms with van der Waals surface area (Å²) in [5, 5.41) is 2.78. The SMILES string of the molecule is Cc1c(CS(C)(=O)=O)cccc1NC(=O)c1ccc(Cl)s1. The molecule has 4 nitrogen and oxygen atoms in total. The van der Waals surface area contributed by atoms with E-state index in [0.29, 0.717) is 20.5 Å². The molecule has 21 heavy (non-hydrogen) atoms. The van der Waals surface area contributed by atoms with Crippen LogP contribution < -0.4 is 5.32 Å². The highest BCUT2D eigenvalue weighted by Gasteiger charge is 2.13. The summed E-state index contributed by atoms with van der Waals surface area (Å²) >= 11 is 7.00. The second-order valence-electron chi connectivity index (χ2n) is 4.72. The van der Waals surface area contributed by atoms with Crippen LogP contribution in [0.15, 0.2) is 30.3 Å². The van der Waals surface area contributed by atoms with Gasteiger partial charge in [-0.2, -0.15) is 0 Å². The first kappa shape index (κ1) is 16.0. The van der Waals surface area contributed by atoms with E-state index in [1.54, 1.807) is 37.3 Å². The second kappa shape index (κ2) is 6.17. The van der Waals surface area contributed by atoms with Gasteiger partial charge in [-0.05, 0) is 36.2 Å². The Bertz CT molecular complexity index is 781. The van der Waals surface area contributed by atoms with Crippen LogP contribution in [-0.4, -0.2) is 20.6 Å². The van der Waals surface area contributed by atoms with Crippen LogP contribution in [0.4, 0.5) is 5.69 Å². The summed E-state index contributed by atoms with van der Waals surface area (Å²) in [7, 11) is -3.12. The minimum Gasteiger partial charge on any atom is -0.321 e. The monoisotopic (exact) mass is 343 g/mol. The molecule has 0 aliphatic carbocycles. The lowest BCUT2D eigenvalue weighted by Crippen LogP contribution is -2.12. The fraction of sp³-hybridized carbons (Fsp3) is 0.214. The number of amides is 1. The summed E-state index contributed by atoms with van der Waals surface area (Å²) in [4.78, 5) is 12.6. The van der Waals surface area contributed by atoms with E-state index in [4.69, 9.17) is 11.6 Å². The van der Waals surface area contributed by atoms with E-state index in [0.717, 1.165) is 5.56 Å². The number of hydrogen-bond donors (Lipinski definition) is 1. The minimum absolute atomic E-state index is 0.0482. The molecule has 0 aliphatic rings. The van der Waals surface area contributed by atoms with Crippen LogP contribution in [0.5, 0.6) is 0 Å². The third kappa shape index (κ3) is 4.30. The van der Waals surface area contributed by atoms with Crippen LogP contribution in [0.25, 0.3) is 0 Å². The highest BCUT2D eigenvalue weighted by molar-refractivity contribution is 7.89. The molecule has 2 rings (SSSR count). The number of benzene rings is 1. The lowest BCUT2D eigenvalue weighted by molar-refractivity contribution is 0.103. The Morgan fingerprint density at radius 1 is 1.29 bits per heavy atom. The Balaban J connectivity index is 2.25. The van der Waals surface area contributed by atoms with Crippen molar-refractivity contribution in [1.29, 1.82) is 0 Å². The lowest BCUT2D eigenvalue weighted by Gasteiger charge is -2.11. The first-order chi connectivity index (χ1) is 9.76. The minimum atomic E-state index is -3.12. The third-order valence-corrected chi connectivity index (χ3v) is 4.97. The molecule has 1 heterocycles. The Kier molecular flexibility index (Phi) is 4.70. The fourth-order valence-electron chi connectivity index (χ4n) is 1.88. The molecule has 0 fully saturated rings. The van der Waals surface area contributed by atoms with E-state index in [2.05, 4.69) is 5.32 Å². The van der Waals surface area contributed by atoms with Gasteiger partial charge in [-0.1, -0.05) is 23.7 Å². The van der Waals surface area contributed by atoms with Crippen molar-refractivity contribution in [2.75, 3.05) is 11.6 Å². The van der Waals surface area contributed by atoms with Gasteiger partial charge in [-0.3, -0.25) is 4.79 Å². The van der Waals surface area contributed by atoms with Gasteiger partial charge >= 0.3 is 0 Å². The zero-order chi connectivity index (χ0) is 15.6. The first-order valence-corrected chi connectivity index (χ1v) is 9.34. The fourth-order valence-corrected chi connectivity index (χ4v) is 3.69. The van der Waals surface area contributed by atoms with Crippen molar-refractivity contribution >= 4 is 44.4 Å². The Morgan fingerprint density at radius 2 is 2.00 bits per heavy atom. The Labute approximate surface area is 132 Å². The Hall–Kier alpha value is -1.37. The summed E-state index contributed by atoms with van der Waals surface area (Å²) in [6.07, 6.45) is 1.19. The molecule has 1 amide bonds. The van der Waals surface area contributed by atoms with E-state index in [9.17, 15) is 13.2 Å². The van der Waals surface area contributed by atoms with Crippen LogP contribution in [0, 0.1) is 6.92 Å². The van der Waals surface area contributed by atoms with Gasteiger partial charge in [0, 0.05) is 11.9 Å². The Morgan fingerprint density at radius 3 is 2.57 bits per heavy atom. The molecule has 112 valence electrons. The van der Waals surface area contributed by atoms with Gasteiger partial charge in [0.25, 0.3) is 5.91 Å². The molecular formula is C14H14ClNO3S2. The second-order valence-corrected chi connectivity index (χ2v) is 8.57. The number of anilines is 1. The molecule has 1 aromatic heterocycles. The maximum atomic E-state index is 12.1. The van der Waals surface area contributed by atoms with E-state index >= 15 is 0 Å². The van der Waals surface area contributed by atoms with Crippen molar-refractivity contribution < 1.29 is 13.2 Å². The summed E-state index contributed by atoms with van der Waals surface area (Å²) < 4.78 is 23.4. The molecule has 0 radical (unpaired) electrons. The zero-order valence-corrected chi connectivity index (χ0v) is 13.9. The normalized spacial score (nSPS) is 11.4.